The Morgan fingerprint density at radius 1 is 1.05 bits per heavy atom. The third-order valence-electron chi connectivity index (χ3n) is 3.25. The minimum absolute atomic E-state index is 0.162. The first-order valence-corrected chi connectivity index (χ1v) is 8.11. The molecule has 2 rings (SSSR count). The lowest BCUT2D eigenvalue weighted by Gasteiger charge is -2.10. The number of sulfonamides is 1. The summed E-state index contributed by atoms with van der Waals surface area (Å²) in [6, 6.07) is 15.6. The number of hydrogen-bond acceptors (Lipinski definition) is 3. The van der Waals surface area contributed by atoms with Crippen molar-refractivity contribution >= 4 is 10.0 Å². The van der Waals surface area contributed by atoms with Crippen LogP contribution in [-0.2, 0) is 23.0 Å². The van der Waals surface area contributed by atoms with E-state index in [2.05, 4.69) is 4.72 Å². The van der Waals surface area contributed by atoms with Crippen LogP contribution in [0.15, 0.2) is 53.4 Å². The van der Waals surface area contributed by atoms with Crippen LogP contribution in [0.25, 0.3) is 0 Å². The first-order valence-electron chi connectivity index (χ1n) is 6.63. The molecule has 108 valence electrons. The van der Waals surface area contributed by atoms with Gasteiger partial charge < -0.3 is 0 Å². The highest BCUT2D eigenvalue weighted by Gasteiger charge is 2.14. The average molecular weight is 300 g/mol. The van der Waals surface area contributed by atoms with E-state index in [1.165, 1.54) is 24.3 Å². The Labute approximate surface area is 125 Å². The Morgan fingerprint density at radius 3 is 2.24 bits per heavy atom. The largest absolute Gasteiger partial charge is 0.240 e. The Morgan fingerprint density at radius 2 is 1.67 bits per heavy atom. The fraction of sp³-hybridized carbons (Fsp3) is 0.188. The molecule has 0 unspecified atom stereocenters. The van der Waals surface area contributed by atoms with Crippen molar-refractivity contribution in [2.24, 2.45) is 0 Å². The summed E-state index contributed by atoms with van der Waals surface area (Å²) in [5, 5.41) is 8.73. The van der Waals surface area contributed by atoms with Crippen LogP contribution in [0.1, 0.15) is 23.6 Å². The first kappa shape index (κ1) is 15.2. The lowest BCUT2D eigenvalue weighted by molar-refractivity contribution is 0.581. The zero-order valence-electron chi connectivity index (χ0n) is 11.7. The summed E-state index contributed by atoms with van der Waals surface area (Å²) in [6.07, 6.45) is 0.856. The molecule has 1 N–H and O–H groups in total. The van der Waals surface area contributed by atoms with Crippen molar-refractivity contribution in [3.63, 3.8) is 0 Å². The van der Waals surface area contributed by atoms with Crippen molar-refractivity contribution in [3.05, 3.63) is 65.2 Å². The molecule has 4 nitrogen and oxygen atoms in total. The quantitative estimate of drug-likeness (QED) is 0.922. The van der Waals surface area contributed by atoms with Gasteiger partial charge in [0.15, 0.2) is 0 Å². The third-order valence-corrected chi connectivity index (χ3v) is 4.66. The maximum absolute atomic E-state index is 12.2. The molecule has 0 spiro atoms. The summed E-state index contributed by atoms with van der Waals surface area (Å²) in [5.41, 5.74) is 2.53. The fourth-order valence-corrected chi connectivity index (χ4v) is 3.05. The molecule has 21 heavy (non-hydrogen) atoms. The molecular weight excluding hydrogens is 284 g/mol. The molecule has 0 aliphatic heterocycles. The highest BCUT2D eigenvalue weighted by molar-refractivity contribution is 7.89. The molecule has 0 saturated carbocycles. The number of benzene rings is 2. The van der Waals surface area contributed by atoms with E-state index >= 15 is 0 Å². The van der Waals surface area contributed by atoms with E-state index in [0.29, 0.717) is 5.56 Å². The number of hydrogen-bond donors (Lipinski definition) is 1. The highest BCUT2D eigenvalue weighted by atomic mass is 32.2. The van der Waals surface area contributed by atoms with Gasteiger partial charge in [-0.2, -0.15) is 5.26 Å². The SMILES string of the molecule is CCc1ccccc1CNS(=O)(=O)c1ccc(C#N)cc1. The minimum Gasteiger partial charge on any atom is -0.207 e. The van der Waals surface area contributed by atoms with Gasteiger partial charge in [0.2, 0.25) is 10.0 Å². The van der Waals surface area contributed by atoms with E-state index in [1.54, 1.807) is 0 Å². The number of nitrogens with one attached hydrogen (secondary N) is 1. The van der Waals surface area contributed by atoms with E-state index in [0.717, 1.165) is 17.5 Å². The Bertz CT molecular complexity index is 760. The minimum atomic E-state index is -3.57. The van der Waals surface area contributed by atoms with Crippen LogP contribution in [0.5, 0.6) is 0 Å². The van der Waals surface area contributed by atoms with Gasteiger partial charge >= 0.3 is 0 Å². The summed E-state index contributed by atoms with van der Waals surface area (Å²) >= 11 is 0. The second kappa shape index (κ2) is 6.53. The van der Waals surface area contributed by atoms with Crippen molar-refractivity contribution < 1.29 is 8.42 Å². The first-order chi connectivity index (χ1) is 10.1. The standard InChI is InChI=1S/C16H16N2O2S/c1-2-14-5-3-4-6-15(14)12-18-21(19,20)16-9-7-13(11-17)8-10-16/h3-10,18H,2,12H2,1H3. The van der Waals surface area contributed by atoms with Gasteiger partial charge in [-0.25, -0.2) is 13.1 Å². The van der Waals surface area contributed by atoms with Crippen LogP contribution in [0.3, 0.4) is 0 Å². The van der Waals surface area contributed by atoms with Gasteiger partial charge in [-0.15, -0.1) is 0 Å². The van der Waals surface area contributed by atoms with Gasteiger partial charge in [-0.3, -0.25) is 0 Å². The second-order valence-corrected chi connectivity index (χ2v) is 6.35. The Kier molecular flexibility index (Phi) is 4.73. The van der Waals surface area contributed by atoms with Gasteiger partial charge in [0, 0.05) is 6.54 Å². The molecule has 0 aliphatic rings. The molecule has 2 aromatic carbocycles. The van der Waals surface area contributed by atoms with Gasteiger partial charge in [-0.05, 0) is 41.8 Å². The molecule has 0 radical (unpaired) electrons. The molecule has 0 aliphatic carbocycles. The van der Waals surface area contributed by atoms with E-state index in [9.17, 15) is 8.42 Å². The lowest BCUT2D eigenvalue weighted by Crippen LogP contribution is -2.23. The maximum Gasteiger partial charge on any atom is 0.240 e. The number of aryl methyl sites for hydroxylation is 1. The highest BCUT2D eigenvalue weighted by Crippen LogP contribution is 2.13. The molecule has 2 aromatic rings. The summed E-state index contributed by atoms with van der Waals surface area (Å²) < 4.78 is 27.0. The van der Waals surface area contributed by atoms with Crippen LogP contribution in [0.4, 0.5) is 0 Å². The van der Waals surface area contributed by atoms with E-state index in [4.69, 9.17) is 5.26 Å². The molecule has 0 aromatic heterocycles. The molecule has 0 heterocycles. The molecular formula is C16H16N2O2S. The van der Waals surface area contributed by atoms with Gasteiger partial charge in [-0.1, -0.05) is 31.2 Å². The lowest BCUT2D eigenvalue weighted by atomic mass is 10.1. The van der Waals surface area contributed by atoms with E-state index in [-0.39, 0.29) is 11.4 Å². The van der Waals surface area contributed by atoms with Crippen molar-refractivity contribution in [2.45, 2.75) is 24.8 Å². The zero-order chi connectivity index (χ0) is 15.3. The van der Waals surface area contributed by atoms with Crippen LogP contribution >= 0.6 is 0 Å². The molecule has 0 saturated heterocycles. The predicted molar refractivity (Wildman–Crippen MR) is 81.0 cm³/mol. The number of nitrogens with zero attached hydrogens (tertiary/aromatic N) is 1. The Hall–Kier alpha value is -2.16. The topological polar surface area (TPSA) is 70.0 Å². The van der Waals surface area contributed by atoms with Crippen molar-refractivity contribution in [3.8, 4) is 6.07 Å². The number of nitriles is 1. The average Bonchev–Trinajstić information content (AvgIpc) is 2.53. The molecule has 0 amide bonds. The van der Waals surface area contributed by atoms with Gasteiger partial charge in [0.25, 0.3) is 0 Å². The van der Waals surface area contributed by atoms with Gasteiger partial charge in [0.05, 0.1) is 16.5 Å². The molecule has 5 heteroatoms. The van der Waals surface area contributed by atoms with Crippen LogP contribution < -0.4 is 4.72 Å². The summed E-state index contributed by atoms with van der Waals surface area (Å²) in [5.74, 6) is 0. The zero-order valence-corrected chi connectivity index (χ0v) is 12.5. The molecule has 0 fully saturated rings. The van der Waals surface area contributed by atoms with Crippen LogP contribution in [-0.4, -0.2) is 8.42 Å². The van der Waals surface area contributed by atoms with Crippen molar-refractivity contribution in [1.82, 2.24) is 4.72 Å². The van der Waals surface area contributed by atoms with E-state index in [1.807, 2.05) is 37.3 Å². The second-order valence-electron chi connectivity index (χ2n) is 4.58. The monoisotopic (exact) mass is 300 g/mol. The third kappa shape index (κ3) is 3.69. The molecule has 0 bridgehead atoms. The van der Waals surface area contributed by atoms with E-state index < -0.39 is 10.0 Å². The number of rotatable bonds is 5. The van der Waals surface area contributed by atoms with Crippen molar-refractivity contribution in [1.29, 1.82) is 5.26 Å². The normalized spacial score (nSPS) is 11.0. The predicted octanol–water partition coefficient (Wildman–Crippen LogP) is 2.60. The summed E-state index contributed by atoms with van der Waals surface area (Å²) in [7, 11) is -3.57. The Balaban J connectivity index is 2.16. The maximum atomic E-state index is 12.2. The summed E-state index contributed by atoms with van der Waals surface area (Å²) in [6.45, 7) is 2.29. The van der Waals surface area contributed by atoms with Gasteiger partial charge in [0.1, 0.15) is 0 Å². The fourth-order valence-electron chi connectivity index (χ4n) is 2.04. The van der Waals surface area contributed by atoms with Crippen molar-refractivity contribution in [2.75, 3.05) is 0 Å². The van der Waals surface area contributed by atoms with Crippen LogP contribution in [0.2, 0.25) is 0 Å². The van der Waals surface area contributed by atoms with Crippen LogP contribution in [0, 0.1) is 11.3 Å². The summed E-state index contributed by atoms with van der Waals surface area (Å²) in [4.78, 5) is 0.162. The smallest absolute Gasteiger partial charge is 0.207 e. The molecule has 0 atom stereocenters.